The van der Waals surface area contributed by atoms with E-state index < -0.39 is 0 Å². The number of nitrogens with one attached hydrogen (secondary N) is 1. The first-order chi connectivity index (χ1) is 10.1. The van der Waals surface area contributed by atoms with E-state index in [-0.39, 0.29) is 6.10 Å². The Morgan fingerprint density at radius 2 is 2.05 bits per heavy atom. The average molecular weight is 310 g/mol. The fourth-order valence-electron chi connectivity index (χ4n) is 2.13. The monoisotopic (exact) mass is 310 g/mol. The minimum absolute atomic E-state index is 0.123. The van der Waals surface area contributed by atoms with Crippen LogP contribution in [0.1, 0.15) is 13.8 Å². The third-order valence-corrected chi connectivity index (χ3v) is 3.35. The van der Waals surface area contributed by atoms with Crippen LogP contribution in [0, 0.1) is 4.77 Å². The summed E-state index contributed by atoms with van der Waals surface area (Å²) >= 11 is 5.40. The van der Waals surface area contributed by atoms with E-state index in [9.17, 15) is 0 Å². The van der Waals surface area contributed by atoms with Gasteiger partial charge < -0.3 is 23.8 Å². The number of ether oxygens (including phenoxy) is 3. The van der Waals surface area contributed by atoms with Gasteiger partial charge in [-0.2, -0.15) is 0 Å². The van der Waals surface area contributed by atoms with Crippen LogP contribution in [0.2, 0.25) is 0 Å². The van der Waals surface area contributed by atoms with Gasteiger partial charge in [-0.25, -0.2) is 0 Å². The van der Waals surface area contributed by atoms with E-state index in [1.54, 1.807) is 7.11 Å². The van der Waals surface area contributed by atoms with E-state index in [2.05, 4.69) is 4.98 Å². The number of fused-ring (bicyclic) bond motifs is 1. The molecule has 0 atom stereocenters. The van der Waals surface area contributed by atoms with Gasteiger partial charge in [-0.3, -0.25) is 0 Å². The van der Waals surface area contributed by atoms with Gasteiger partial charge in [0.15, 0.2) is 4.77 Å². The molecule has 0 aliphatic carbocycles. The van der Waals surface area contributed by atoms with Gasteiger partial charge in [-0.1, -0.05) is 6.07 Å². The molecule has 0 unspecified atom stereocenters. The van der Waals surface area contributed by atoms with Crippen LogP contribution in [-0.2, 0) is 16.0 Å². The summed E-state index contributed by atoms with van der Waals surface area (Å²) in [6, 6.07) is 5.96. The fraction of sp³-hybridized carbons (Fsp3) is 0.533. The number of hydrogen-bond donors (Lipinski definition) is 1. The van der Waals surface area contributed by atoms with Crippen LogP contribution < -0.4 is 4.74 Å². The molecule has 0 aliphatic heterocycles. The molecule has 0 radical (unpaired) electrons. The van der Waals surface area contributed by atoms with E-state index in [1.807, 2.05) is 36.6 Å². The molecule has 0 amide bonds. The molecule has 6 heteroatoms. The minimum Gasteiger partial charge on any atom is -0.489 e. The maximum absolute atomic E-state index is 5.81. The Labute approximate surface area is 129 Å². The summed E-state index contributed by atoms with van der Waals surface area (Å²) in [5.74, 6) is 0.827. The number of H-pyrrole nitrogens is 1. The van der Waals surface area contributed by atoms with Crippen LogP contribution in [0.3, 0.4) is 0 Å². The summed E-state index contributed by atoms with van der Waals surface area (Å²) in [5.41, 5.74) is 1.97. The van der Waals surface area contributed by atoms with Gasteiger partial charge in [0, 0.05) is 13.7 Å². The van der Waals surface area contributed by atoms with Gasteiger partial charge in [0.25, 0.3) is 0 Å². The molecule has 116 valence electrons. The highest BCUT2D eigenvalue weighted by Gasteiger charge is 2.10. The number of nitrogens with zero attached hydrogens (tertiary/aromatic N) is 1. The maximum Gasteiger partial charge on any atom is 0.178 e. The van der Waals surface area contributed by atoms with Crippen molar-refractivity contribution in [3.63, 3.8) is 0 Å². The van der Waals surface area contributed by atoms with Crippen molar-refractivity contribution in [3.8, 4) is 5.75 Å². The Balaban J connectivity index is 2.17. The van der Waals surface area contributed by atoms with Crippen LogP contribution in [0.4, 0.5) is 0 Å². The molecule has 2 rings (SSSR count). The standard InChI is InChI=1S/C15H22N2O3S/c1-11(2)20-13-6-4-5-12-14(13)16-15(21)17(12)7-8-19-10-9-18-3/h4-6,11H,7-10H2,1-3H3,(H,16,21). The second-order valence-electron chi connectivity index (χ2n) is 5.00. The molecule has 5 nitrogen and oxygen atoms in total. The summed E-state index contributed by atoms with van der Waals surface area (Å²) in [6.07, 6.45) is 0.123. The van der Waals surface area contributed by atoms with E-state index in [4.69, 9.17) is 26.4 Å². The van der Waals surface area contributed by atoms with Gasteiger partial charge in [-0.15, -0.1) is 0 Å². The molecule has 1 heterocycles. The summed E-state index contributed by atoms with van der Waals surface area (Å²) in [6.45, 7) is 6.51. The number of para-hydroxylation sites is 1. The van der Waals surface area contributed by atoms with Gasteiger partial charge in [0.2, 0.25) is 0 Å². The van der Waals surface area contributed by atoms with Gasteiger partial charge in [-0.05, 0) is 38.2 Å². The molecule has 1 aromatic carbocycles. The lowest BCUT2D eigenvalue weighted by atomic mass is 10.3. The smallest absolute Gasteiger partial charge is 0.178 e. The predicted octanol–water partition coefficient (Wildman–Crippen LogP) is 3.15. The minimum atomic E-state index is 0.123. The summed E-state index contributed by atoms with van der Waals surface area (Å²) < 4.78 is 19.0. The first kappa shape index (κ1) is 16.0. The van der Waals surface area contributed by atoms with Crippen molar-refractivity contribution in [1.29, 1.82) is 0 Å². The summed E-state index contributed by atoms with van der Waals surface area (Å²) in [4.78, 5) is 3.23. The molecule has 21 heavy (non-hydrogen) atoms. The van der Waals surface area contributed by atoms with Crippen molar-refractivity contribution in [3.05, 3.63) is 23.0 Å². The SMILES string of the molecule is COCCOCCn1c(=S)[nH]c2c(OC(C)C)cccc21. The molecule has 2 aromatic rings. The Morgan fingerprint density at radius 1 is 1.24 bits per heavy atom. The number of rotatable bonds is 8. The molecular weight excluding hydrogens is 288 g/mol. The Bertz CT molecular complexity index is 633. The van der Waals surface area contributed by atoms with Crippen LogP contribution in [0.15, 0.2) is 18.2 Å². The molecule has 0 aliphatic rings. The topological polar surface area (TPSA) is 48.4 Å². The van der Waals surface area contributed by atoms with Gasteiger partial charge in [0.1, 0.15) is 11.3 Å². The van der Waals surface area contributed by atoms with Crippen molar-refractivity contribution < 1.29 is 14.2 Å². The molecule has 0 fully saturated rings. The zero-order chi connectivity index (χ0) is 15.2. The maximum atomic E-state index is 5.81. The zero-order valence-corrected chi connectivity index (χ0v) is 13.5. The van der Waals surface area contributed by atoms with Crippen molar-refractivity contribution in [2.24, 2.45) is 0 Å². The Hall–Kier alpha value is -1.37. The largest absolute Gasteiger partial charge is 0.489 e. The highest BCUT2D eigenvalue weighted by atomic mass is 32.1. The van der Waals surface area contributed by atoms with Crippen molar-refractivity contribution in [1.82, 2.24) is 9.55 Å². The Morgan fingerprint density at radius 3 is 2.76 bits per heavy atom. The predicted molar refractivity (Wildman–Crippen MR) is 85.6 cm³/mol. The molecule has 0 spiro atoms. The first-order valence-electron chi connectivity index (χ1n) is 7.08. The van der Waals surface area contributed by atoms with Crippen LogP contribution in [0.25, 0.3) is 11.0 Å². The highest BCUT2D eigenvalue weighted by Crippen LogP contribution is 2.25. The molecule has 1 N–H and O–H groups in total. The molecule has 1 aromatic heterocycles. The van der Waals surface area contributed by atoms with E-state index >= 15 is 0 Å². The molecule has 0 bridgehead atoms. The lowest BCUT2D eigenvalue weighted by Crippen LogP contribution is -2.09. The molecular formula is C15H22N2O3S. The third-order valence-electron chi connectivity index (χ3n) is 3.03. The summed E-state index contributed by atoms with van der Waals surface area (Å²) in [5, 5.41) is 0. The highest BCUT2D eigenvalue weighted by molar-refractivity contribution is 7.71. The van der Waals surface area contributed by atoms with Gasteiger partial charge in [0.05, 0.1) is 31.4 Å². The fourth-order valence-corrected chi connectivity index (χ4v) is 2.42. The van der Waals surface area contributed by atoms with E-state index in [0.29, 0.717) is 31.1 Å². The normalized spacial score (nSPS) is 11.4. The third kappa shape index (κ3) is 4.06. The van der Waals surface area contributed by atoms with Crippen LogP contribution in [-0.4, -0.2) is 42.6 Å². The summed E-state index contributed by atoms with van der Waals surface area (Å²) in [7, 11) is 1.66. The molecule has 0 saturated heterocycles. The van der Waals surface area contributed by atoms with Crippen molar-refractivity contribution in [2.45, 2.75) is 26.5 Å². The average Bonchev–Trinajstić information content (AvgIpc) is 2.76. The first-order valence-corrected chi connectivity index (χ1v) is 7.49. The number of aromatic nitrogens is 2. The lowest BCUT2D eigenvalue weighted by molar-refractivity contribution is 0.0668. The van der Waals surface area contributed by atoms with E-state index in [1.165, 1.54) is 0 Å². The zero-order valence-electron chi connectivity index (χ0n) is 12.7. The quantitative estimate of drug-likeness (QED) is 0.601. The van der Waals surface area contributed by atoms with Crippen LogP contribution in [0.5, 0.6) is 5.75 Å². The number of hydrogen-bond acceptors (Lipinski definition) is 4. The number of benzene rings is 1. The van der Waals surface area contributed by atoms with E-state index in [0.717, 1.165) is 16.8 Å². The van der Waals surface area contributed by atoms with Crippen molar-refractivity contribution in [2.75, 3.05) is 26.9 Å². The lowest BCUT2D eigenvalue weighted by Gasteiger charge is -2.10. The number of aromatic amines is 1. The van der Waals surface area contributed by atoms with Crippen LogP contribution >= 0.6 is 12.2 Å². The van der Waals surface area contributed by atoms with Gasteiger partial charge >= 0.3 is 0 Å². The number of imidazole rings is 1. The second kappa shape index (κ2) is 7.59. The molecule has 0 saturated carbocycles. The number of methoxy groups -OCH3 is 1. The Kier molecular flexibility index (Phi) is 5.78. The second-order valence-corrected chi connectivity index (χ2v) is 5.39. The van der Waals surface area contributed by atoms with Crippen molar-refractivity contribution >= 4 is 23.3 Å².